The van der Waals surface area contributed by atoms with Crippen LogP contribution in [0.25, 0.3) is 5.69 Å². The molecule has 1 saturated heterocycles. The summed E-state index contributed by atoms with van der Waals surface area (Å²) in [4.78, 5) is 6.91. The van der Waals surface area contributed by atoms with Gasteiger partial charge in [-0.15, -0.1) is 0 Å². The molecule has 42 heavy (non-hydrogen) atoms. The van der Waals surface area contributed by atoms with Crippen molar-refractivity contribution in [2.24, 2.45) is 0 Å². The minimum atomic E-state index is -0.146. The summed E-state index contributed by atoms with van der Waals surface area (Å²) in [6, 6.07) is 30.1. The van der Waals surface area contributed by atoms with Gasteiger partial charge in [-0.3, -0.25) is 4.98 Å². The van der Waals surface area contributed by atoms with E-state index in [2.05, 4.69) is 52.9 Å². The van der Waals surface area contributed by atoms with Crippen molar-refractivity contribution in [3.05, 3.63) is 125 Å². The van der Waals surface area contributed by atoms with Crippen LogP contribution in [0.2, 0.25) is 0 Å². The van der Waals surface area contributed by atoms with E-state index in [1.165, 1.54) is 0 Å². The number of hydrogen-bond donors (Lipinski definition) is 1. The molecule has 7 rings (SSSR count). The Morgan fingerprint density at radius 2 is 1.62 bits per heavy atom. The van der Waals surface area contributed by atoms with E-state index >= 15 is 0 Å². The number of pyridine rings is 1. The van der Waals surface area contributed by atoms with Crippen LogP contribution in [0.5, 0.6) is 23.0 Å². The number of hydrogen-bond acceptors (Lipinski definition) is 5. The molecule has 5 aromatic rings. The molecule has 2 aliphatic rings. The molecule has 2 atom stereocenters. The lowest BCUT2D eigenvalue weighted by Crippen LogP contribution is -2.29. The summed E-state index contributed by atoms with van der Waals surface area (Å²) in [5.41, 5.74) is 7.40. The first-order valence-corrected chi connectivity index (χ1v) is 14.3. The summed E-state index contributed by atoms with van der Waals surface area (Å²) >= 11 is 5.98. The molecular weight excluding hydrogens is 544 g/mol. The highest BCUT2D eigenvalue weighted by atomic mass is 32.1. The molecule has 3 aromatic carbocycles. The normalized spacial score (nSPS) is 17.4. The Hall–Kier alpha value is -4.82. The van der Waals surface area contributed by atoms with Crippen LogP contribution in [-0.2, 0) is 0 Å². The van der Waals surface area contributed by atoms with Gasteiger partial charge < -0.3 is 29.0 Å². The molecule has 0 saturated carbocycles. The highest BCUT2D eigenvalue weighted by molar-refractivity contribution is 7.80. The highest BCUT2D eigenvalue weighted by Gasteiger charge is 2.42. The summed E-state index contributed by atoms with van der Waals surface area (Å²) in [6.07, 6.45) is 1.83. The van der Waals surface area contributed by atoms with E-state index in [4.69, 9.17) is 31.4 Å². The number of fused-ring (bicyclic) bond motifs is 1. The molecule has 1 N–H and O–H groups in total. The maximum Gasteiger partial charge on any atom is 0.231 e. The lowest BCUT2D eigenvalue weighted by atomic mass is 9.96. The van der Waals surface area contributed by atoms with Gasteiger partial charge in [-0.25, -0.2) is 0 Å². The van der Waals surface area contributed by atoms with Gasteiger partial charge in [0.05, 0.1) is 17.8 Å². The average Bonchev–Trinajstić information content (AvgIpc) is 3.69. The van der Waals surface area contributed by atoms with Crippen LogP contribution in [0.3, 0.4) is 0 Å². The molecule has 1 fully saturated rings. The fourth-order valence-corrected chi connectivity index (χ4v) is 6.28. The third-order valence-electron chi connectivity index (χ3n) is 7.94. The van der Waals surface area contributed by atoms with Crippen molar-refractivity contribution in [2.45, 2.75) is 32.9 Å². The van der Waals surface area contributed by atoms with Gasteiger partial charge in [-0.2, -0.15) is 0 Å². The lowest BCUT2D eigenvalue weighted by molar-refractivity contribution is 0.174. The van der Waals surface area contributed by atoms with Crippen LogP contribution in [0, 0.1) is 20.8 Å². The number of aromatic nitrogens is 2. The number of anilines is 1. The zero-order valence-electron chi connectivity index (χ0n) is 23.6. The average molecular weight is 575 g/mol. The van der Waals surface area contributed by atoms with Crippen LogP contribution >= 0.6 is 12.2 Å². The number of nitrogens with one attached hydrogen (secondary N) is 1. The fourth-order valence-electron chi connectivity index (χ4n) is 5.93. The van der Waals surface area contributed by atoms with Crippen molar-refractivity contribution in [1.82, 2.24) is 14.9 Å². The lowest BCUT2D eigenvalue weighted by Gasteiger charge is -2.28. The molecule has 0 bridgehead atoms. The standard InChI is InChI=1S/C34H30N4O3S/c1-21-8-4-5-10-29(21)41-26-14-11-24(12-15-26)38-33(32(36-34(38)42)28-9-6-7-17-35-28)27-18-22(2)37(23(27)3)25-13-16-30-31(19-25)40-20-39-30/h4-19,32-33H,20H2,1-3H3,(H,36,42)/t32-,33-/m1/s1. The molecule has 7 nitrogen and oxygen atoms in total. The Bertz CT molecular complexity index is 1790. The van der Waals surface area contributed by atoms with Gasteiger partial charge in [0.25, 0.3) is 0 Å². The third-order valence-corrected chi connectivity index (χ3v) is 8.25. The largest absolute Gasteiger partial charge is 0.457 e. The van der Waals surface area contributed by atoms with E-state index in [0.717, 1.165) is 62.6 Å². The monoisotopic (exact) mass is 574 g/mol. The van der Waals surface area contributed by atoms with Crippen LogP contribution in [0.4, 0.5) is 5.69 Å². The second-order valence-electron chi connectivity index (χ2n) is 10.6. The highest BCUT2D eigenvalue weighted by Crippen LogP contribution is 2.44. The molecule has 0 aliphatic carbocycles. The summed E-state index contributed by atoms with van der Waals surface area (Å²) in [5.74, 6) is 3.13. The number of rotatable bonds is 6. The number of ether oxygens (including phenoxy) is 3. The molecule has 2 aliphatic heterocycles. The van der Waals surface area contributed by atoms with E-state index in [0.29, 0.717) is 5.11 Å². The fraction of sp³-hybridized carbons (Fsp3) is 0.176. The number of thiocarbonyl (C=S) groups is 1. The van der Waals surface area contributed by atoms with Crippen molar-refractivity contribution >= 4 is 23.0 Å². The van der Waals surface area contributed by atoms with Gasteiger partial charge in [0.15, 0.2) is 16.6 Å². The molecule has 2 aromatic heterocycles. The first-order chi connectivity index (χ1) is 20.5. The number of para-hydroxylation sites is 1. The van der Waals surface area contributed by atoms with Crippen molar-refractivity contribution < 1.29 is 14.2 Å². The number of benzene rings is 3. The molecule has 210 valence electrons. The van der Waals surface area contributed by atoms with Crippen LogP contribution in [0.1, 0.15) is 40.3 Å². The van der Waals surface area contributed by atoms with E-state index in [1.54, 1.807) is 0 Å². The summed E-state index contributed by atoms with van der Waals surface area (Å²) in [7, 11) is 0. The van der Waals surface area contributed by atoms with Crippen molar-refractivity contribution in [2.75, 3.05) is 11.7 Å². The van der Waals surface area contributed by atoms with Crippen molar-refractivity contribution in [3.8, 4) is 28.7 Å². The first kappa shape index (κ1) is 26.1. The summed E-state index contributed by atoms with van der Waals surface area (Å²) < 4.78 is 19.7. The molecule has 0 amide bonds. The first-order valence-electron chi connectivity index (χ1n) is 13.9. The van der Waals surface area contributed by atoms with E-state index in [1.807, 2.05) is 79.9 Å². The smallest absolute Gasteiger partial charge is 0.231 e. The molecule has 4 heterocycles. The summed E-state index contributed by atoms with van der Waals surface area (Å²) in [5, 5.41) is 4.23. The zero-order chi connectivity index (χ0) is 28.8. The Kier molecular flexibility index (Phi) is 6.55. The maximum absolute atomic E-state index is 6.17. The predicted octanol–water partition coefficient (Wildman–Crippen LogP) is 7.50. The zero-order valence-corrected chi connectivity index (χ0v) is 24.4. The topological polar surface area (TPSA) is 60.8 Å². The van der Waals surface area contributed by atoms with Crippen LogP contribution in [0.15, 0.2) is 97.2 Å². The predicted molar refractivity (Wildman–Crippen MR) is 167 cm³/mol. The molecular formula is C34H30N4O3S. The Labute approximate surface area is 250 Å². The SMILES string of the molecule is Cc1ccccc1Oc1ccc(N2C(=S)N[C@H](c3ccccn3)[C@H]2c2cc(C)n(-c3ccc4c(c3)OCO4)c2C)cc1. The second-order valence-corrected chi connectivity index (χ2v) is 10.9. The van der Waals surface area contributed by atoms with Gasteiger partial charge in [0, 0.05) is 35.0 Å². The Morgan fingerprint density at radius 3 is 2.40 bits per heavy atom. The number of nitrogens with zero attached hydrogens (tertiary/aromatic N) is 3. The molecule has 0 spiro atoms. The molecule has 0 radical (unpaired) electrons. The Balaban J connectivity index is 1.29. The molecule has 8 heteroatoms. The van der Waals surface area contributed by atoms with Gasteiger partial charge in [-0.1, -0.05) is 24.3 Å². The van der Waals surface area contributed by atoms with E-state index in [9.17, 15) is 0 Å². The van der Waals surface area contributed by atoms with Crippen LogP contribution < -0.4 is 24.4 Å². The van der Waals surface area contributed by atoms with Gasteiger partial charge >= 0.3 is 0 Å². The third kappa shape index (κ3) is 4.54. The van der Waals surface area contributed by atoms with Crippen molar-refractivity contribution in [3.63, 3.8) is 0 Å². The minimum Gasteiger partial charge on any atom is -0.457 e. The second kappa shape index (κ2) is 10.5. The van der Waals surface area contributed by atoms with E-state index in [-0.39, 0.29) is 18.9 Å². The summed E-state index contributed by atoms with van der Waals surface area (Å²) in [6.45, 7) is 6.56. The van der Waals surface area contributed by atoms with E-state index < -0.39 is 0 Å². The van der Waals surface area contributed by atoms with Crippen molar-refractivity contribution in [1.29, 1.82) is 0 Å². The molecule has 0 unspecified atom stereocenters. The maximum atomic E-state index is 6.17. The minimum absolute atomic E-state index is 0.135. The Morgan fingerprint density at radius 1 is 0.857 bits per heavy atom. The van der Waals surface area contributed by atoms with Crippen LogP contribution in [-0.4, -0.2) is 21.5 Å². The van der Waals surface area contributed by atoms with Gasteiger partial charge in [0.2, 0.25) is 6.79 Å². The van der Waals surface area contributed by atoms with Gasteiger partial charge in [0.1, 0.15) is 11.5 Å². The number of aryl methyl sites for hydroxylation is 2. The van der Waals surface area contributed by atoms with Gasteiger partial charge in [-0.05, 0) is 105 Å². The quantitative estimate of drug-likeness (QED) is 0.211.